The highest BCUT2D eigenvalue weighted by molar-refractivity contribution is 5.77. The SMILES string of the molecule is CCC(C#N)N1CCN(CC(=O)N(C)CC)CC1. The molecule has 0 spiro atoms. The predicted molar refractivity (Wildman–Crippen MR) is 71.0 cm³/mol. The van der Waals surface area contributed by atoms with Crippen LogP contribution in [0.1, 0.15) is 20.3 Å². The quantitative estimate of drug-likeness (QED) is 0.710. The van der Waals surface area contributed by atoms with Crippen molar-refractivity contribution in [2.24, 2.45) is 0 Å². The van der Waals surface area contributed by atoms with Gasteiger partial charge in [0.2, 0.25) is 5.91 Å². The van der Waals surface area contributed by atoms with Crippen LogP contribution in [0.15, 0.2) is 0 Å². The Kier molecular flexibility index (Phi) is 6.10. The molecule has 1 aliphatic rings. The molecule has 1 aliphatic heterocycles. The first-order chi connectivity index (χ1) is 8.62. The lowest BCUT2D eigenvalue weighted by Crippen LogP contribution is -2.52. The Bertz CT molecular complexity index is 305. The molecule has 1 heterocycles. The standard InChI is InChI=1S/C13H24N4O/c1-4-12(10-14)17-8-6-16(7-9-17)11-13(18)15(3)5-2/h12H,4-9,11H2,1-3H3. The second-order valence-corrected chi connectivity index (χ2v) is 4.77. The molecule has 0 aromatic rings. The Morgan fingerprint density at radius 3 is 2.39 bits per heavy atom. The third kappa shape index (κ3) is 3.97. The fourth-order valence-corrected chi connectivity index (χ4v) is 2.15. The van der Waals surface area contributed by atoms with Crippen molar-refractivity contribution in [3.63, 3.8) is 0 Å². The average molecular weight is 252 g/mol. The van der Waals surface area contributed by atoms with E-state index in [0.717, 1.165) is 39.1 Å². The van der Waals surface area contributed by atoms with Gasteiger partial charge in [0, 0.05) is 39.8 Å². The maximum absolute atomic E-state index is 11.8. The lowest BCUT2D eigenvalue weighted by atomic mass is 10.2. The summed E-state index contributed by atoms with van der Waals surface area (Å²) in [6.45, 7) is 8.80. The second-order valence-electron chi connectivity index (χ2n) is 4.77. The third-order valence-electron chi connectivity index (χ3n) is 3.64. The first kappa shape index (κ1) is 14.9. The number of nitriles is 1. The zero-order chi connectivity index (χ0) is 13.5. The van der Waals surface area contributed by atoms with Crippen LogP contribution in [0.25, 0.3) is 0 Å². The molecule has 1 rings (SSSR count). The number of hydrogen-bond donors (Lipinski definition) is 0. The van der Waals surface area contributed by atoms with E-state index < -0.39 is 0 Å². The van der Waals surface area contributed by atoms with Crippen LogP contribution in [0.5, 0.6) is 0 Å². The fraction of sp³-hybridized carbons (Fsp3) is 0.846. The Morgan fingerprint density at radius 2 is 1.94 bits per heavy atom. The normalized spacial score (nSPS) is 19.2. The Morgan fingerprint density at radius 1 is 1.33 bits per heavy atom. The largest absolute Gasteiger partial charge is 0.345 e. The van der Waals surface area contributed by atoms with Gasteiger partial charge >= 0.3 is 0 Å². The zero-order valence-electron chi connectivity index (χ0n) is 11.7. The minimum absolute atomic E-state index is 0.0289. The molecule has 1 amide bonds. The summed E-state index contributed by atoms with van der Waals surface area (Å²) in [5.41, 5.74) is 0. The lowest BCUT2D eigenvalue weighted by molar-refractivity contribution is -0.131. The molecule has 0 aromatic carbocycles. The molecule has 5 nitrogen and oxygen atoms in total. The first-order valence-corrected chi connectivity index (χ1v) is 6.72. The molecule has 1 saturated heterocycles. The highest BCUT2D eigenvalue weighted by Crippen LogP contribution is 2.08. The molecule has 0 radical (unpaired) electrons. The second kappa shape index (κ2) is 7.34. The smallest absolute Gasteiger partial charge is 0.236 e. The molecule has 18 heavy (non-hydrogen) atoms. The third-order valence-corrected chi connectivity index (χ3v) is 3.64. The number of rotatable bonds is 5. The van der Waals surface area contributed by atoms with Gasteiger partial charge in [0.1, 0.15) is 0 Å². The maximum Gasteiger partial charge on any atom is 0.236 e. The van der Waals surface area contributed by atoms with Crippen molar-refractivity contribution in [1.82, 2.24) is 14.7 Å². The van der Waals surface area contributed by atoms with Gasteiger partial charge in [-0.05, 0) is 13.3 Å². The molecular formula is C13H24N4O. The molecular weight excluding hydrogens is 228 g/mol. The minimum atomic E-state index is 0.0289. The van der Waals surface area contributed by atoms with E-state index in [-0.39, 0.29) is 11.9 Å². The summed E-state index contributed by atoms with van der Waals surface area (Å²) in [4.78, 5) is 17.9. The maximum atomic E-state index is 11.8. The lowest BCUT2D eigenvalue weighted by Gasteiger charge is -2.36. The summed E-state index contributed by atoms with van der Waals surface area (Å²) >= 11 is 0. The number of carbonyl (C=O) groups excluding carboxylic acids is 1. The van der Waals surface area contributed by atoms with Crippen molar-refractivity contribution in [2.45, 2.75) is 26.3 Å². The fourth-order valence-electron chi connectivity index (χ4n) is 2.15. The van der Waals surface area contributed by atoms with Crippen LogP contribution in [0.2, 0.25) is 0 Å². The summed E-state index contributed by atoms with van der Waals surface area (Å²) in [5, 5.41) is 9.03. The van der Waals surface area contributed by atoms with Crippen LogP contribution in [-0.4, -0.2) is 73.0 Å². The van der Waals surface area contributed by atoms with Crippen LogP contribution in [0.4, 0.5) is 0 Å². The molecule has 1 atom stereocenters. The van der Waals surface area contributed by atoms with Crippen LogP contribution in [0, 0.1) is 11.3 Å². The van der Waals surface area contributed by atoms with Gasteiger partial charge in [-0.25, -0.2) is 0 Å². The monoisotopic (exact) mass is 252 g/mol. The molecule has 0 aliphatic carbocycles. The molecule has 0 bridgehead atoms. The van der Waals surface area contributed by atoms with E-state index in [4.69, 9.17) is 5.26 Å². The van der Waals surface area contributed by atoms with Gasteiger partial charge in [0.05, 0.1) is 18.7 Å². The van der Waals surface area contributed by atoms with E-state index in [2.05, 4.69) is 15.9 Å². The van der Waals surface area contributed by atoms with Crippen molar-refractivity contribution in [1.29, 1.82) is 5.26 Å². The molecule has 102 valence electrons. The zero-order valence-corrected chi connectivity index (χ0v) is 11.7. The number of hydrogen-bond acceptors (Lipinski definition) is 4. The van der Waals surface area contributed by atoms with Gasteiger partial charge in [-0.2, -0.15) is 5.26 Å². The van der Waals surface area contributed by atoms with Crippen LogP contribution >= 0.6 is 0 Å². The average Bonchev–Trinajstić information content (AvgIpc) is 2.41. The van der Waals surface area contributed by atoms with Gasteiger partial charge in [-0.1, -0.05) is 6.92 Å². The summed E-state index contributed by atoms with van der Waals surface area (Å²) in [5.74, 6) is 0.179. The number of piperazine rings is 1. The van der Waals surface area contributed by atoms with Crippen molar-refractivity contribution >= 4 is 5.91 Å². The summed E-state index contributed by atoms with van der Waals surface area (Å²) in [6.07, 6.45) is 0.869. The van der Waals surface area contributed by atoms with E-state index in [0.29, 0.717) is 6.54 Å². The molecule has 0 saturated carbocycles. The van der Waals surface area contributed by atoms with E-state index in [1.807, 2.05) is 20.9 Å². The van der Waals surface area contributed by atoms with Gasteiger partial charge in [0.25, 0.3) is 0 Å². The highest BCUT2D eigenvalue weighted by Gasteiger charge is 2.23. The summed E-state index contributed by atoms with van der Waals surface area (Å²) in [6, 6.07) is 2.37. The number of likely N-dealkylation sites (N-methyl/N-ethyl adjacent to an activating group) is 1. The van der Waals surface area contributed by atoms with E-state index in [1.54, 1.807) is 4.90 Å². The number of nitrogens with zero attached hydrogens (tertiary/aromatic N) is 4. The van der Waals surface area contributed by atoms with Gasteiger partial charge < -0.3 is 4.90 Å². The van der Waals surface area contributed by atoms with Crippen molar-refractivity contribution < 1.29 is 4.79 Å². The Labute approximate surface area is 110 Å². The van der Waals surface area contributed by atoms with Crippen LogP contribution < -0.4 is 0 Å². The van der Waals surface area contributed by atoms with E-state index in [1.165, 1.54) is 0 Å². The van der Waals surface area contributed by atoms with E-state index in [9.17, 15) is 4.79 Å². The van der Waals surface area contributed by atoms with E-state index >= 15 is 0 Å². The number of amides is 1. The van der Waals surface area contributed by atoms with Gasteiger partial charge in [0.15, 0.2) is 0 Å². The first-order valence-electron chi connectivity index (χ1n) is 6.72. The summed E-state index contributed by atoms with van der Waals surface area (Å²) in [7, 11) is 1.83. The molecule has 1 unspecified atom stereocenters. The highest BCUT2D eigenvalue weighted by atomic mass is 16.2. The van der Waals surface area contributed by atoms with Crippen molar-refractivity contribution in [3.8, 4) is 6.07 Å². The van der Waals surface area contributed by atoms with Crippen molar-refractivity contribution in [3.05, 3.63) is 0 Å². The Balaban J connectivity index is 2.36. The molecule has 1 fully saturated rings. The van der Waals surface area contributed by atoms with Gasteiger partial charge in [-0.15, -0.1) is 0 Å². The minimum Gasteiger partial charge on any atom is -0.345 e. The molecule has 0 N–H and O–H groups in total. The Hall–Kier alpha value is -1.12. The van der Waals surface area contributed by atoms with Gasteiger partial charge in [-0.3, -0.25) is 14.6 Å². The van der Waals surface area contributed by atoms with Crippen LogP contribution in [-0.2, 0) is 4.79 Å². The number of carbonyl (C=O) groups is 1. The van der Waals surface area contributed by atoms with Crippen molar-refractivity contribution in [2.75, 3.05) is 46.3 Å². The van der Waals surface area contributed by atoms with Crippen LogP contribution in [0.3, 0.4) is 0 Å². The molecule has 0 aromatic heterocycles. The summed E-state index contributed by atoms with van der Waals surface area (Å²) < 4.78 is 0. The molecule has 5 heteroatoms. The topological polar surface area (TPSA) is 50.6 Å². The predicted octanol–water partition coefficient (Wildman–Crippen LogP) is 0.384.